The molecule has 0 bridgehead atoms. The van der Waals surface area contributed by atoms with E-state index in [1.165, 1.54) is 0 Å². The van der Waals surface area contributed by atoms with Crippen molar-refractivity contribution in [3.63, 3.8) is 0 Å². The Bertz CT molecular complexity index is 27.5. The quantitative estimate of drug-likeness (QED) is 0.493. The summed E-state index contributed by atoms with van der Waals surface area (Å²) in [5.41, 5.74) is 0. The molecule has 2 nitrogen and oxygen atoms in total. The van der Waals surface area contributed by atoms with E-state index in [1.807, 2.05) is 6.92 Å². The molecule has 0 radical (unpaired) electrons. The molecule has 0 heterocycles. The SMILES string of the molecule is CC(C)[O-].CCC[O-].[Ti+2]. The Labute approximate surface area is 72.2 Å². The first-order valence-corrected chi connectivity index (χ1v) is 2.89. The van der Waals surface area contributed by atoms with Crippen LogP contribution in [0, 0.1) is 0 Å². The van der Waals surface area contributed by atoms with E-state index in [9.17, 15) is 10.2 Å². The van der Waals surface area contributed by atoms with Crippen molar-refractivity contribution >= 4 is 0 Å². The van der Waals surface area contributed by atoms with Crippen LogP contribution in [-0.4, -0.2) is 12.7 Å². The molecule has 0 aliphatic carbocycles. The third-order valence-electron chi connectivity index (χ3n) is 0.204. The van der Waals surface area contributed by atoms with Crippen LogP contribution in [0.4, 0.5) is 0 Å². The van der Waals surface area contributed by atoms with Crippen molar-refractivity contribution in [1.82, 2.24) is 0 Å². The first-order valence-electron chi connectivity index (χ1n) is 2.89. The molecule has 0 atom stereocenters. The Hall–Kier alpha value is 0.634. The second-order valence-electron chi connectivity index (χ2n) is 1.75. The molecule has 0 saturated carbocycles. The summed E-state index contributed by atoms with van der Waals surface area (Å²) in [6.45, 7) is 5.16. The van der Waals surface area contributed by atoms with Crippen LogP contribution in [0.2, 0.25) is 0 Å². The zero-order valence-corrected chi connectivity index (χ0v) is 7.87. The molecule has 3 heteroatoms. The Morgan fingerprint density at radius 1 is 1.33 bits per heavy atom. The number of hydrogen-bond acceptors (Lipinski definition) is 2. The molecule has 0 aromatic rings. The van der Waals surface area contributed by atoms with Gasteiger partial charge in [-0.05, 0) is 0 Å². The fourth-order valence-corrected chi connectivity index (χ4v) is 0. The van der Waals surface area contributed by atoms with E-state index < -0.39 is 6.10 Å². The zero-order valence-electron chi connectivity index (χ0n) is 6.31. The van der Waals surface area contributed by atoms with Crippen molar-refractivity contribution in [3.8, 4) is 0 Å². The Kier molecular flexibility index (Phi) is 28.7. The monoisotopic (exact) mass is 166 g/mol. The minimum absolute atomic E-state index is 0. The molecule has 0 unspecified atom stereocenters. The third kappa shape index (κ3) is 142. The normalized spacial score (nSPS) is 7.33. The molecule has 54 valence electrons. The van der Waals surface area contributed by atoms with Gasteiger partial charge in [-0.15, -0.1) is 12.7 Å². The predicted molar refractivity (Wildman–Crippen MR) is 30.3 cm³/mol. The minimum Gasteiger partial charge on any atom is -0.854 e. The van der Waals surface area contributed by atoms with Crippen molar-refractivity contribution in [2.45, 2.75) is 33.3 Å². The maximum Gasteiger partial charge on any atom is 2.00 e. The molecule has 0 spiro atoms. The van der Waals surface area contributed by atoms with Crippen LogP contribution in [0.5, 0.6) is 0 Å². The van der Waals surface area contributed by atoms with Gasteiger partial charge in [-0.3, -0.25) is 0 Å². The van der Waals surface area contributed by atoms with Crippen LogP contribution in [-0.2, 0) is 21.7 Å². The van der Waals surface area contributed by atoms with E-state index in [2.05, 4.69) is 0 Å². The largest absolute Gasteiger partial charge is 2.00 e. The Morgan fingerprint density at radius 3 is 1.44 bits per heavy atom. The molecule has 0 amide bonds. The van der Waals surface area contributed by atoms with Gasteiger partial charge in [0, 0.05) is 0 Å². The van der Waals surface area contributed by atoms with Gasteiger partial charge in [-0.25, -0.2) is 0 Å². The minimum atomic E-state index is -0.417. The van der Waals surface area contributed by atoms with E-state index in [-0.39, 0.29) is 28.3 Å². The van der Waals surface area contributed by atoms with Gasteiger partial charge in [-0.2, -0.15) is 0 Å². The standard InChI is InChI=1S/2C3H7O.Ti/c1-3(2)4;1-2-3-4;/h3H,1-2H3;2-3H2,1H3;/q2*-1;+2. The van der Waals surface area contributed by atoms with E-state index >= 15 is 0 Å². The van der Waals surface area contributed by atoms with E-state index in [0.717, 1.165) is 6.42 Å². The summed E-state index contributed by atoms with van der Waals surface area (Å²) in [7, 11) is 0. The Balaban J connectivity index is -0.0000000720. The van der Waals surface area contributed by atoms with E-state index in [0.29, 0.717) is 0 Å². The molecule has 0 N–H and O–H groups in total. The van der Waals surface area contributed by atoms with Crippen molar-refractivity contribution < 1.29 is 31.9 Å². The smallest absolute Gasteiger partial charge is 0.854 e. The molecule has 0 rings (SSSR count). The maximum atomic E-state index is 9.53. The van der Waals surface area contributed by atoms with Crippen molar-refractivity contribution in [3.05, 3.63) is 0 Å². The van der Waals surface area contributed by atoms with Crippen molar-refractivity contribution in [1.29, 1.82) is 0 Å². The fraction of sp³-hybridized carbons (Fsp3) is 1.00. The average Bonchev–Trinajstić information content (AvgIpc) is 1.65. The first kappa shape index (κ1) is 16.3. The summed E-state index contributed by atoms with van der Waals surface area (Å²) in [5.74, 6) is 0. The molecule has 0 aliphatic rings. The topological polar surface area (TPSA) is 46.1 Å². The zero-order chi connectivity index (χ0) is 6.99. The summed E-state index contributed by atoms with van der Waals surface area (Å²) in [4.78, 5) is 0. The second-order valence-corrected chi connectivity index (χ2v) is 1.75. The van der Waals surface area contributed by atoms with Gasteiger partial charge >= 0.3 is 21.7 Å². The summed E-state index contributed by atoms with van der Waals surface area (Å²) in [6.07, 6.45) is 0.347. The van der Waals surface area contributed by atoms with Gasteiger partial charge in [0.1, 0.15) is 0 Å². The van der Waals surface area contributed by atoms with Gasteiger partial charge in [0.15, 0.2) is 0 Å². The van der Waals surface area contributed by atoms with Gasteiger partial charge < -0.3 is 10.2 Å². The molecule has 0 aliphatic heterocycles. The summed E-state index contributed by atoms with van der Waals surface area (Å²) >= 11 is 0. The van der Waals surface area contributed by atoms with Crippen LogP contribution < -0.4 is 10.2 Å². The number of rotatable bonds is 1. The molecule has 0 saturated heterocycles. The summed E-state index contributed by atoms with van der Waals surface area (Å²) < 4.78 is 0. The van der Waals surface area contributed by atoms with E-state index in [1.54, 1.807) is 13.8 Å². The van der Waals surface area contributed by atoms with Gasteiger partial charge in [0.2, 0.25) is 0 Å². The maximum absolute atomic E-state index is 9.53. The third-order valence-corrected chi connectivity index (χ3v) is 0.204. The van der Waals surface area contributed by atoms with Crippen molar-refractivity contribution in [2.24, 2.45) is 0 Å². The second kappa shape index (κ2) is 15.9. The van der Waals surface area contributed by atoms with Crippen LogP contribution in [0.1, 0.15) is 27.2 Å². The van der Waals surface area contributed by atoms with Gasteiger partial charge in [-0.1, -0.05) is 27.2 Å². The molecule has 9 heavy (non-hydrogen) atoms. The molecule has 0 aromatic heterocycles. The molecular weight excluding hydrogens is 152 g/mol. The van der Waals surface area contributed by atoms with Crippen molar-refractivity contribution in [2.75, 3.05) is 6.61 Å². The van der Waals surface area contributed by atoms with Crippen LogP contribution in [0.25, 0.3) is 0 Å². The Morgan fingerprint density at radius 2 is 1.44 bits per heavy atom. The molecule has 0 aromatic carbocycles. The van der Waals surface area contributed by atoms with Crippen LogP contribution >= 0.6 is 0 Å². The van der Waals surface area contributed by atoms with Crippen LogP contribution in [0.3, 0.4) is 0 Å². The van der Waals surface area contributed by atoms with Gasteiger partial charge in [0.25, 0.3) is 0 Å². The molecule has 0 fully saturated rings. The number of hydrogen-bond donors (Lipinski definition) is 0. The van der Waals surface area contributed by atoms with Gasteiger partial charge in [0.05, 0.1) is 0 Å². The predicted octanol–water partition coefficient (Wildman–Crippen LogP) is -0.491. The molecular formula is C6H14O2Ti. The summed E-state index contributed by atoms with van der Waals surface area (Å²) in [6, 6.07) is 0. The average molecular weight is 166 g/mol. The fourth-order valence-electron chi connectivity index (χ4n) is 0. The summed E-state index contributed by atoms with van der Waals surface area (Å²) in [5, 5.41) is 18.8. The first-order chi connectivity index (χ1) is 3.65. The van der Waals surface area contributed by atoms with Crippen LogP contribution in [0.15, 0.2) is 0 Å². The van der Waals surface area contributed by atoms with E-state index in [4.69, 9.17) is 0 Å².